The van der Waals surface area contributed by atoms with Crippen LogP contribution in [0.5, 0.6) is 0 Å². The zero-order valence-electron chi connectivity index (χ0n) is 11.6. The second-order valence-corrected chi connectivity index (χ2v) is 4.70. The molecule has 0 radical (unpaired) electrons. The van der Waals surface area contributed by atoms with Gasteiger partial charge in [-0.25, -0.2) is 17.9 Å². The van der Waals surface area contributed by atoms with E-state index in [2.05, 4.69) is 10.3 Å². The molecule has 4 nitrogen and oxygen atoms in total. The molecule has 21 heavy (non-hydrogen) atoms. The van der Waals surface area contributed by atoms with Crippen molar-refractivity contribution >= 4 is 0 Å². The first kappa shape index (κ1) is 15.5. The second-order valence-electron chi connectivity index (χ2n) is 4.70. The highest BCUT2D eigenvalue weighted by atomic mass is 19.2. The van der Waals surface area contributed by atoms with Crippen LogP contribution < -0.4 is 0 Å². The van der Waals surface area contributed by atoms with Gasteiger partial charge in [-0.05, 0) is 18.6 Å². The van der Waals surface area contributed by atoms with Gasteiger partial charge in [-0.3, -0.25) is 0 Å². The third kappa shape index (κ3) is 3.07. The van der Waals surface area contributed by atoms with E-state index >= 15 is 0 Å². The van der Waals surface area contributed by atoms with Gasteiger partial charge in [0.05, 0.1) is 12.3 Å². The Kier molecular flexibility index (Phi) is 4.95. The average molecular weight is 299 g/mol. The molecule has 0 atom stereocenters. The van der Waals surface area contributed by atoms with Crippen LogP contribution in [-0.2, 0) is 13.2 Å². The number of aliphatic hydroxyl groups excluding tert-OH is 1. The predicted molar refractivity (Wildman–Crippen MR) is 70.8 cm³/mol. The van der Waals surface area contributed by atoms with Crippen molar-refractivity contribution in [1.82, 2.24) is 15.0 Å². The van der Waals surface area contributed by atoms with Crippen LogP contribution in [0.1, 0.15) is 31.9 Å². The monoisotopic (exact) mass is 299 g/mol. The molecular weight excluding hydrogens is 283 g/mol. The van der Waals surface area contributed by atoms with Crippen LogP contribution in [0.2, 0.25) is 0 Å². The zero-order valence-corrected chi connectivity index (χ0v) is 11.6. The molecule has 1 aromatic carbocycles. The van der Waals surface area contributed by atoms with Gasteiger partial charge in [-0.1, -0.05) is 25.0 Å². The maximum atomic E-state index is 13.9. The molecule has 0 saturated carbocycles. The molecule has 1 heterocycles. The van der Waals surface area contributed by atoms with Crippen molar-refractivity contribution in [1.29, 1.82) is 0 Å². The van der Waals surface area contributed by atoms with Crippen LogP contribution in [-0.4, -0.2) is 20.1 Å². The van der Waals surface area contributed by atoms with E-state index in [1.165, 1.54) is 4.68 Å². The molecule has 0 aliphatic rings. The van der Waals surface area contributed by atoms with Crippen molar-refractivity contribution in [2.75, 3.05) is 0 Å². The summed E-state index contributed by atoms with van der Waals surface area (Å²) in [7, 11) is 0. The lowest BCUT2D eigenvalue weighted by Crippen LogP contribution is -2.06. The largest absolute Gasteiger partial charge is 0.390 e. The minimum atomic E-state index is -1.54. The van der Waals surface area contributed by atoms with Crippen LogP contribution in [0.15, 0.2) is 12.1 Å². The second kappa shape index (κ2) is 6.71. The number of aryl methyl sites for hydroxylation is 1. The number of unbranched alkanes of at least 4 members (excludes halogenated alkanes) is 2. The highest BCUT2D eigenvalue weighted by Gasteiger charge is 2.21. The van der Waals surface area contributed by atoms with Gasteiger partial charge in [0.15, 0.2) is 17.5 Å². The van der Waals surface area contributed by atoms with Gasteiger partial charge in [0.1, 0.15) is 5.69 Å². The summed E-state index contributed by atoms with van der Waals surface area (Å²) in [6.07, 6.45) is 2.74. The SMILES string of the molecule is CCCCCn1nnc(CO)c1-c1ccc(F)c(F)c1F. The molecular formula is C14H16F3N3O. The average Bonchev–Trinajstić information content (AvgIpc) is 2.88. The maximum Gasteiger partial charge on any atom is 0.195 e. The Bertz CT molecular complexity index is 628. The molecule has 0 spiro atoms. The summed E-state index contributed by atoms with van der Waals surface area (Å²) in [6.45, 7) is 2.05. The lowest BCUT2D eigenvalue weighted by Gasteiger charge is -2.09. The van der Waals surface area contributed by atoms with Crippen LogP contribution in [0.4, 0.5) is 13.2 Å². The quantitative estimate of drug-likeness (QED) is 0.659. The number of aromatic nitrogens is 3. The highest BCUT2D eigenvalue weighted by Crippen LogP contribution is 2.28. The van der Waals surface area contributed by atoms with E-state index in [4.69, 9.17) is 0 Å². The molecule has 114 valence electrons. The lowest BCUT2D eigenvalue weighted by atomic mass is 10.1. The topological polar surface area (TPSA) is 50.9 Å². The predicted octanol–water partition coefficient (Wildman–Crippen LogP) is 3.04. The fourth-order valence-corrected chi connectivity index (χ4v) is 2.13. The number of halogens is 3. The smallest absolute Gasteiger partial charge is 0.195 e. The van der Waals surface area contributed by atoms with E-state index < -0.39 is 24.1 Å². The van der Waals surface area contributed by atoms with E-state index in [9.17, 15) is 18.3 Å². The highest BCUT2D eigenvalue weighted by molar-refractivity contribution is 5.62. The summed E-state index contributed by atoms with van der Waals surface area (Å²) in [5.41, 5.74) is 0.167. The standard InChI is InChI=1S/C14H16F3N3O/c1-2-3-4-7-20-14(11(8-21)18-19-20)9-5-6-10(15)13(17)12(9)16/h5-6,21H,2-4,7-8H2,1H3. The van der Waals surface area contributed by atoms with E-state index in [-0.39, 0.29) is 17.0 Å². The van der Waals surface area contributed by atoms with Crippen molar-refractivity contribution in [2.24, 2.45) is 0 Å². The summed E-state index contributed by atoms with van der Waals surface area (Å²) in [5.74, 6) is -4.10. The van der Waals surface area contributed by atoms with E-state index in [0.29, 0.717) is 6.54 Å². The summed E-state index contributed by atoms with van der Waals surface area (Å²) in [4.78, 5) is 0. The van der Waals surface area contributed by atoms with Crippen LogP contribution in [0.25, 0.3) is 11.3 Å². The van der Waals surface area contributed by atoms with Gasteiger partial charge in [-0.15, -0.1) is 5.10 Å². The van der Waals surface area contributed by atoms with Crippen molar-refractivity contribution in [3.8, 4) is 11.3 Å². The number of hydrogen-bond acceptors (Lipinski definition) is 3. The first-order chi connectivity index (χ1) is 10.1. The number of aliphatic hydroxyl groups is 1. The molecule has 2 rings (SSSR count). The summed E-state index contributed by atoms with van der Waals surface area (Å²) >= 11 is 0. The number of nitrogens with zero attached hydrogens (tertiary/aromatic N) is 3. The van der Waals surface area contributed by atoms with Gasteiger partial charge in [0.25, 0.3) is 0 Å². The van der Waals surface area contributed by atoms with Crippen molar-refractivity contribution in [3.05, 3.63) is 35.3 Å². The fourth-order valence-electron chi connectivity index (χ4n) is 2.13. The van der Waals surface area contributed by atoms with Gasteiger partial charge < -0.3 is 5.11 Å². The van der Waals surface area contributed by atoms with E-state index in [0.717, 1.165) is 31.4 Å². The third-order valence-electron chi connectivity index (χ3n) is 3.22. The van der Waals surface area contributed by atoms with Gasteiger partial charge in [0.2, 0.25) is 0 Å². The van der Waals surface area contributed by atoms with Gasteiger partial charge in [0, 0.05) is 12.1 Å². The Hall–Kier alpha value is -1.89. The van der Waals surface area contributed by atoms with E-state index in [1.54, 1.807) is 0 Å². The number of benzene rings is 1. The van der Waals surface area contributed by atoms with Crippen LogP contribution in [0, 0.1) is 17.5 Å². The first-order valence-electron chi connectivity index (χ1n) is 6.77. The molecule has 1 N–H and O–H groups in total. The normalized spacial score (nSPS) is 11.1. The summed E-state index contributed by atoms with van der Waals surface area (Å²) in [6, 6.07) is 1.97. The van der Waals surface area contributed by atoms with E-state index in [1.807, 2.05) is 6.92 Å². The van der Waals surface area contributed by atoms with Crippen molar-refractivity contribution in [2.45, 2.75) is 39.3 Å². The molecule has 0 amide bonds. The number of rotatable bonds is 6. The molecule has 0 bridgehead atoms. The summed E-state index contributed by atoms with van der Waals surface area (Å²) in [5, 5.41) is 16.9. The Morgan fingerprint density at radius 2 is 1.90 bits per heavy atom. The first-order valence-corrected chi connectivity index (χ1v) is 6.77. The Morgan fingerprint density at radius 1 is 1.14 bits per heavy atom. The minimum Gasteiger partial charge on any atom is -0.390 e. The van der Waals surface area contributed by atoms with Crippen molar-refractivity contribution in [3.63, 3.8) is 0 Å². The zero-order chi connectivity index (χ0) is 15.4. The van der Waals surface area contributed by atoms with Crippen LogP contribution in [0.3, 0.4) is 0 Å². The minimum absolute atomic E-state index is 0.136. The molecule has 0 aliphatic carbocycles. The lowest BCUT2D eigenvalue weighted by molar-refractivity contribution is 0.277. The molecule has 0 fully saturated rings. The van der Waals surface area contributed by atoms with Crippen molar-refractivity contribution < 1.29 is 18.3 Å². The molecule has 0 saturated heterocycles. The molecule has 1 aromatic heterocycles. The fraction of sp³-hybridized carbons (Fsp3) is 0.429. The van der Waals surface area contributed by atoms with Crippen LogP contribution >= 0.6 is 0 Å². The Balaban J connectivity index is 2.46. The Morgan fingerprint density at radius 3 is 2.57 bits per heavy atom. The summed E-state index contributed by atoms with van der Waals surface area (Å²) < 4.78 is 41.8. The molecule has 0 unspecified atom stereocenters. The van der Waals surface area contributed by atoms with Gasteiger partial charge in [-0.2, -0.15) is 0 Å². The molecule has 0 aliphatic heterocycles. The molecule has 2 aromatic rings. The number of hydrogen-bond donors (Lipinski definition) is 1. The third-order valence-corrected chi connectivity index (χ3v) is 3.22. The maximum absolute atomic E-state index is 13.9. The Labute approximate surface area is 120 Å². The molecule has 7 heteroatoms. The van der Waals surface area contributed by atoms with Gasteiger partial charge >= 0.3 is 0 Å².